The summed E-state index contributed by atoms with van der Waals surface area (Å²) < 4.78 is 16.8. The van der Waals surface area contributed by atoms with Crippen LogP contribution in [0.4, 0.5) is 10.1 Å². The van der Waals surface area contributed by atoms with Crippen LogP contribution in [-0.2, 0) is 29.1 Å². The van der Waals surface area contributed by atoms with Crippen molar-refractivity contribution in [1.29, 1.82) is 0 Å². The molecule has 0 bridgehead atoms. The van der Waals surface area contributed by atoms with Crippen molar-refractivity contribution in [3.05, 3.63) is 46.4 Å². The molecule has 148 valence electrons. The average Bonchev–Trinajstić information content (AvgIpc) is 3.05. The Hall–Kier alpha value is -2.97. The average molecular weight is 387 g/mol. The molecule has 3 heterocycles. The first-order valence-electron chi connectivity index (χ1n) is 9.53. The second-order valence-electron chi connectivity index (χ2n) is 7.24. The smallest absolute Gasteiger partial charge is 0.346 e. The van der Waals surface area contributed by atoms with Gasteiger partial charge in [0.1, 0.15) is 18.2 Å². The van der Waals surface area contributed by atoms with Crippen LogP contribution in [0, 0.1) is 5.82 Å². The summed E-state index contributed by atoms with van der Waals surface area (Å²) in [6, 6.07) is 5.62. The van der Waals surface area contributed by atoms with Gasteiger partial charge in [-0.15, -0.1) is 0 Å². The van der Waals surface area contributed by atoms with E-state index in [9.17, 15) is 18.8 Å². The van der Waals surface area contributed by atoms with Gasteiger partial charge in [-0.1, -0.05) is 18.6 Å². The van der Waals surface area contributed by atoms with Gasteiger partial charge in [-0.25, -0.2) is 13.9 Å². The van der Waals surface area contributed by atoms with Crippen molar-refractivity contribution >= 4 is 17.5 Å². The second-order valence-corrected chi connectivity index (χ2v) is 7.24. The second kappa shape index (κ2) is 7.57. The van der Waals surface area contributed by atoms with E-state index in [1.807, 2.05) is 0 Å². The Morgan fingerprint density at radius 1 is 1.21 bits per heavy atom. The Bertz CT molecular complexity index is 967. The molecule has 0 radical (unpaired) electrons. The summed E-state index contributed by atoms with van der Waals surface area (Å²) in [7, 11) is 0. The van der Waals surface area contributed by atoms with Crippen LogP contribution >= 0.6 is 0 Å². The van der Waals surface area contributed by atoms with Gasteiger partial charge in [0.25, 0.3) is 0 Å². The van der Waals surface area contributed by atoms with Gasteiger partial charge in [0.05, 0.1) is 11.7 Å². The fourth-order valence-electron chi connectivity index (χ4n) is 3.85. The molecule has 1 N–H and O–H groups in total. The molecule has 0 spiro atoms. The lowest BCUT2D eigenvalue weighted by molar-refractivity contribution is -0.122. The maximum absolute atomic E-state index is 13.9. The fourth-order valence-corrected chi connectivity index (χ4v) is 3.85. The van der Waals surface area contributed by atoms with Crippen molar-refractivity contribution < 1.29 is 14.0 Å². The molecule has 2 aromatic rings. The summed E-state index contributed by atoms with van der Waals surface area (Å²) in [5.74, 6) is -0.393. The van der Waals surface area contributed by atoms with E-state index in [0.717, 1.165) is 31.5 Å². The van der Waals surface area contributed by atoms with Crippen LogP contribution in [0.5, 0.6) is 0 Å². The molecule has 1 atom stereocenters. The van der Waals surface area contributed by atoms with Crippen LogP contribution in [0.1, 0.15) is 31.5 Å². The van der Waals surface area contributed by atoms with Gasteiger partial charge in [0.15, 0.2) is 0 Å². The Labute approximate surface area is 160 Å². The largest absolute Gasteiger partial charge is 0.349 e. The molecular weight excluding hydrogens is 365 g/mol. The number of nitrogens with zero attached hydrogens (tertiary/aromatic N) is 4. The summed E-state index contributed by atoms with van der Waals surface area (Å²) in [5.41, 5.74) is -0.0687. The molecule has 8 nitrogen and oxygen atoms in total. The zero-order chi connectivity index (χ0) is 19.7. The Morgan fingerprint density at radius 3 is 2.86 bits per heavy atom. The molecule has 0 aliphatic carbocycles. The van der Waals surface area contributed by atoms with E-state index in [4.69, 9.17) is 0 Å². The molecule has 28 heavy (non-hydrogen) atoms. The molecule has 1 unspecified atom stereocenters. The molecule has 4 rings (SSSR count). The molecule has 2 aliphatic heterocycles. The number of aromatic nitrogens is 3. The van der Waals surface area contributed by atoms with E-state index in [-0.39, 0.29) is 42.7 Å². The van der Waals surface area contributed by atoms with E-state index in [1.165, 1.54) is 21.7 Å². The maximum Gasteiger partial charge on any atom is 0.346 e. The van der Waals surface area contributed by atoms with Crippen LogP contribution in [0.3, 0.4) is 0 Å². The van der Waals surface area contributed by atoms with E-state index in [2.05, 4.69) is 10.4 Å². The quantitative estimate of drug-likeness (QED) is 0.842. The van der Waals surface area contributed by atoms with E-state index < -0.39 is 11.9 Å². The highest BCUT2D eigenvalue weighted by atomic mass is 19.1. The third-order valence-corrected chi connectivity index (χ3v) is 5.21. The number of nitrogens with one attached hydrogen (secondary N) is 1. The van der Waals surface area contributed by atoms with Gasteiger partial charge >= 0.3 is 5.69 Å². The topological polar surface area (TPSA) is 89.2 Å². The zero-order valence-electron chi connectivity index (χ0n) is 15.4. The first kappa shape index (κ1) is 18.4. The monoisotopic (exact) mass is 387 g/mol. The van der Waals surface area contributed by atoms with Crippen molar-refractivity contribution in [3.8, 4) is 0 Å². The molecular formula is C19H22FN5O3. The van der Waals surface area contributed by atoms with Gasteiger partial charge in [-0.3, -0.25) is 14.2 Å². The molecule has 2 amide bonds. The Morgan fingerprint density at radius 2 is 2.04 bits per heavy atom. The standard InChI is InChI=1S/C19H22FN5O3/c20-14-6-3-4-7-15(14)24-11-13(10-18(24)27)21-17(26)12-25-19(28)23-9-5-1-2-8-16(23)22-25/h3-4,6-7,13H,1-2,5,8-12H2,(H,21,26). The van der Waals surface area contributed by atoms with Crippen LogP contribution in [0.15, 0.2) is 29.1 Å². The third-order valence-electron chi connectivity index (χ3n) is 5.21. The minimum Gasteiger partial charge on any atom is -0.349 e. The SMILES string of the molecule is O=C(Cn1nc2n(c1=O)CCCCC2)NC1CC(=O)N(c2ccccc2F)C1. The number of hydrogen-bond acceptors (Lipinski definition) is 4. The summed E-state index contributed by atoms with van der Waals surface area (Å²) in [6.07, 6.45) is 3.81. The maximum atomic E-state index is 13.9. The minimum atomic E-state index is -0.478. The summed E-state index contributed by atoms with van der Waals surface area (Å²) in [6.45, 7) is 0.633. The van der Waals surface area contributed by atoms with E-state index in [1.54, 1.807) is 16.7 Å². The van der Waals surface area contributed by atoms with Crippen molar-refractivity contribution in [2.45, 2.75) is 51.2 Å². The summed E-state index contributed by atoms with van der Waals surface area (Å²) in [5, 5.41) is 7.06. The van der Waals surface area contributed by atoms with Crippen molar-refractivity contribution in [3.63, 3.8) is 0 Å². The highest BCUT2D eigenvalue weighted by molar-refractivity contribution is 5.97. The number of aryl methyl sites for hydroxylation is 1. The Balaban J connectivity index is 1.41. The van der Waals surface area contributed by atoms with Crippen LogP contribution in [0.25, 0.3) is 0 Å². The summed E-state index contributed by atoms with van der Waals surface area (Å²) in [4.78, 5) is 38.4. The van der Waals surface area contributed by atoms with Gasteiger partial charge < -0.3 is 10.2 Å². The van der Waals surface area contributed by atoms with Gasteiger partial charge in [-0.05, 0) is 25.0 Å². The minimum absolute atomic E-state index is 0.0919. The number of benzene rings is 1. The number of anilines is 1. The number of amides is 2. The first-order valence-corrected chi connectivity index (χ1v) is 9.53. The molecule has 1 saturated heterocycles. The van der Waals surface area contributed by atoms with Gasteiger partial charge in [0, 0.05) is 25.9 Å². The highest BCUT2D eigenvalue weighted by Gasteiger charge is 2.33. The lowest BCUT2D eigenvalue weighted by Gasteiger charge is -2.17. The van der Waals surface area contributed by atoms with Crippen molar-refractivity contribution in [2.75, 3.05) is 11.4 Å². The van der Waals surface area contributed by atoms with E-state index in [0.29, 0.717) is 6.54 Å². The van der Waals surface area contributed by atoms with Gasteiger partial charge in [0.2, 0.25) is 11.8 Å². The predicted molar refractivity (Wildman–Crippen MR) is 99.3 cm³/mol. The first-order chi connectivity index (χ1) is 13.5. The number of hydrogen-bond donors (Lipinski definition) is 1. The number of halogens is 1. The van der Waals surface area contributed by atoms with Crippen molar-refractivity contribution in [2.24, 2.45) is 0 Å². The molecule has 1 aromatic carbocycles. The number of carbonyl (C=O) groups is 2. The number of para-hydroxylation sites is 1. The van der Waals surface area contributed by atoms with Crippen LogP contribution in [0.2, 0.25) is 0 Å². The fraction of sp³-hybridized carbons (Fsp3) is 0.474. The third kappa shape index (κ3) is 3.56. The number of fused-ring (bicyclic) bond motifs is 1. The molecule has 9 heteroatoms. The number of carbonyl (C=O) groups excluding carboxylic acids is 2. The number of rotatable bonds is 4. The molecule has 2 aliphatic rings. The normalized spacial score (nSPS) is 19.4. The van der Waals surface area contributed by atoms with Crippen LogP contribution in [-0.4, -0.2) is 38.7 Å². The molecule has 1 fully saturated rings. The molecule has 1 aromatic heterocycles. The predicted octanol–water partition coefficient (Wildman–Crippen LogP) is 0.832. The van der Waals surface area contributed by atoms with Crippen molar-refractivity contribution in [1.82, 2.24) is 19.7 Å². The zero-order valence-corrected chi connectivity index (χ0v) is 15.4. The molecule has 0 saturated carbocycles. The summed E-state index contributed by atoms with van der Waals surface area (Å²) >= 11 is 0. The van der Waals surface area contributed by atoms with E-state index >= 15 is 0 Å². The lowest BCUT2D eigenvalue weighted by atomic mass is 10.2. The lowest BCUT2D eigenvalue weighted by Crippen LogP contribution is -2.41. The Kier molecular flexibility index (Phi) is 4.97. The van der Waals surface area contributed by atoms with Crippen LogP contribution < -0.4 is 15.9 Å². The van der Waals surface area contributed by atoms with Gasteiger partial charge in [-0.2, -0.15) is 5.10 Å². The highest BCUT2D eigenvalue weighted by Crippen LogP contribution is 2.24.